The van der Waals surface area contributed by atoms with Gasteiger partial charge in [-0.05, 0) is 22.3 Å². The molecule has 67 heavy (non-hydrogen) atoms. The van der Waals surface area contributed by atoms with Crippen molar-refractivity contribution in [2.45, 2.75) is 91.6 Å². The fraction of sp³-hybridized carbons (Fsp3) is 0.400. The van der Waals surface area contributed by atoms with Gasteiger partial charge in [-0.3, -0.25) is 9.59 Å². The molecule has 1 amide bonds. The van der Waals surface area contributed by atoms with Crippen LogP contribution in [-0.4, -0.2) is 109 Å². The Hall–Kier alpha value is -3.90. The number of carbonyl (C=O) groups excluding carboxylic acids is 2. The number of amides is 1. The van der Waals surface area contributed by atoms with Gasteiger partial charge in [0.1, 0.15) is 61.3 Å². The fourth-order valence-electron chi connectivity index (χ4n) is 7.49. The first-order chi connectivity index (χ1) is 32.6. The van der Waals surface area contributed by atoms with Crippen LogP contribution in [-0.2, 0) is 83.4 Å². The van der Waals surface area contributed by atoms with Gasteiger partial charge < -0.3 is 52.7 Å². The van der Waals surface area contributed by atoms with Crippen LogP contribution in [0.5, 0.6) is 0 Å². The summed E-state index contributed by atoms with van der Waals surface area (Å²) in [6.07, 6.45) is -6.70. The van der Waals surface area contributed by atoms with E-state index in [9.17, 15) is 9.59 Å². The molecule has 0 aliphatic carbocycles. The van der Waals surface area contributed by atoms with E-state index >= 15 is 0 Å². The summed E-state index contributed by atoms with van der Waals surface area (Å²) in [5.41, 5.74) is 3.43. The second-order valence-electron chi connectivity index (χ2n) is 15.5. The molecule has 2 fully saturated rings. The minimum absolute atomic E-state index is 0.0288. The van der Waals surface area contributed by atoms with Crippen molar-refractivity contribution in [3.63, 3.8) is 0 Å². The maximum absolute atomic E-state index is 13.9. The zero-order valence-electron chi connectivity index (χ0n) is 36.7. The van der Waals surface area contributed by atoms with Crippen molar-refractivity contribution in [2.75, 3.05) is 32.3 Å². The van der Waals surface area contributed by atoms with E-state index in [2.05, 4.69) is 18.5 Å². The summed E-state index contributed by atoms with van der Waals surface area (Å²) in [4.78, 5) is 26.5. The van der Waals surface area contributed by atoms with Gasteiger partial charge in [-0.15, -0.1) is 24.8 Å². The van der Waals surface area contributed by atoms with Crippen LogP contribution in [0.1, 0.15) is 22.3 Å². The van der Waals surface area contributed by atoms with Crippen LogP contribution in [0.3, 0.4) is 0 Å². The van der Waals surface area contributed by atoms with Gasteiger partial charge >= 0.3 is 5.97 Å². The Labute approximate surface area is 411 Å². The van der Waals surface area contributed by atoms with E-state index in [1.807, 2.05) is 121 Å². The van der Waals surface area contributed by atoms with Gasteiger partial charge in [-0.2, -0.15) is 0 Å². The van der Waals surface area contributed by atoms with Gasteiger partial charge in [0.05, 0.1) is 46.2 Å². The van der Waals surface area contributed by atoms with Crippen LogP contribution >= 0.6 is 46.4 Å². The van der Waals surface area contributed by atoms with Gasteiger partial charge in [0.25, 0.3) is 9.70 Å². The second kappa shape index (κ2) is 27.3. The third-order valence-corrected chi connectivity index (χ3v) is 11.4. The van der Waals surface area contributed by atoms with E-state index in [1.54, 1.807) is 12.2 Å². The predicted molar refractivity (Wildman–Crippen MR) is 253 cm³/mol. The first kappa shape index (κ1) is 52.5. The second-order valence-corrected chi connectivity index (χ2v) is 18.0. The molecule has 0 aromatic heterocycles. The molecule has 2 aliphatic heterocycles. The Bertz CT molecular complexity index is 2090. The highest BCUT2D eigenvalue weighted by Crippen LogP contribution is 2.36. The number of esters is 1. The minimum atomic E-state index is -2.43. The number of hydrogen-bond donors (Lipinski definition) is 1. The van der Waals surface area contributed by atoms with Crippen LogP contribution in [0.2, 0.25) is 0 Å². The topological polar surface area (TPSA) is 138 Å². The monoisotopic (exact) mass is 1000 g/mol. The average Bonchev–Trinajstić information content (AvgIpc) is 3.34. The summed E-state index contributed by atoms with van der Waals surface area (Å²) in [6.45, 7) is 7.85. The number of ether oxygens (including phenoxy) is 10. The summed E-state index contributed by atoms with van der Waals surface area (Å²) in [7, 11) is 0. The van der Waals surface area contributed by atoms with Crippen LogP contribution < -0.4 is 5.32 Å². The van der Waals surface area contributed by atoms with Crippen LogP contribution in [0.4, 0.5) is 0 Å². The molecule has 4 aromatic carbocycles. The van der Waals surface area contributed by atoms with E-state index in [0.717, 1.165) is 22.3 Å². The Morgan fingerprint density at radius 3 is 1.54 bits per heavy atom. The molecule has 360 valence electrons. The van der Waals surface area contributed by atoms with E-state index in [1.165, 1.54) is 0 Å². The van der Waals surface area contributed by atoms with Gasteiger partial charge in [-0.25, -0.2) is 0 Å². The molecule has 13 nitrogen and oxygen atoms in total. The maximum Gasteiger partial charge on any atom is 0.320 e. The number of hydrogen-bond acceptors (Lipinski definition) is 12. The number of benzene rings is 4. The minimum Gasteiger partial charge on any atom is -0.462 e. The van der Waals surface area contributed by atoms with E-state index in [4.69, 9.17) is 93.8 Å². The number of halogens is 4. The summed E-state index contributed by atoms with van der Waals surface area (Å²) < 4.78 is 62.8. The first-order valence-electron chi connectivity index (χ1n) is 21.7. The average molecular weight is 1000 g/mol. The maximum atomic E-state index is 13.9. The van der Waals surface area contributed by atoms with Gasteiger partial charge in [0.15, 0.2) is 12.6 Å². The molecular formula is C50H55Cl4NO12. The fourth-order valence-corrected chi connectivity index (χ4v) is 7.74. The lowest BCUT2D eigenvalue weighted by atomic mass is 9.94. The molecule has 6 rings (SSSR count). The third kappa shape index (κ3) is 16.1. The highest BCUT2D eigenvalue weighted by Gasteiger charge is 2.55. The highest BCUT2D eigenvalue weighted by molar-refractivity contribution is 6.76. The zero-order chi connectivity index (χ0) is 47.4. The third-order valence-electron chi connectivity index (χ3n) is 10.6. The van der Waals surface area contributed by atoms with Crippen molar-refractivity contribution in [2.24, 2.45) is 0 Å². The van der Waals surface area contributed by atoms with E-state index in [-0.39, 0.29) is 52.9 Å². The van der Waals surface area contributed by atoms with Gasteiger partial charge in [0, 0.05) is 0 Å². The van der Waals surface area contributed by atoms with Crippen LogP contribution in [0, 0.1) is 0 Å². The lowest BCUT2D eigenvalue weighted by molar-refractivity contribution is -0.359. The van der Waals surface area contributed by atoms with Crippen LogP contribution in [0.25, 0.3) is 0 Å². The Balaban J connectivity index is 1.45. The summed E-state index contributed by atoms with van der Waals surface area (Å²) in [5, 5.41) is 2.85. The number of rotatable bonds is 25. The molecule has 1 N–H and O–H groups in total. The molecule has 0 spiro atoms. The van der Waals surface area contributed by atoms with Crippen LogP contribution in [0.15, 0.2) is 147 Å². The molecule has 0 saturated carbocycles. The lowest BCUT2D eigenvalue weighted by Crippen LogP contribution is -2.69. The molecule has 10 atom stereocenters. The van der Waals surface area contributed by atoms with Crippen molar-refractivity contribution in [3.8, 4) is 0 Å². The largest absolute Gasteiger partial charge is 0.462 e. The van der Waals surface area contributed by atoms with Crippen molar-refractivity contribution < 1.29 is 57.0 Å². The quantitative estimate of drug-likeness (QED) is 0.0389. The van der Waals surface area contributed by atoms with E-state index in [0.29, 0.717) is 0 Å². The smallest absolute Gasteiger partial charge is 0.320 e. The van der Waals surface area contributed by atoms with Gasteiger partial charge in [0.2, 0.25) is 0 Å². The standard InChI is InChI=1S/C50H55Cl4NO12/c1-3-25-59-46-45(64-31-37-23-15-8-16-24-37)43(39(33-61-40(56)27-51)66-48(46)60-26-4-2)67-47-41(55-49(57)50(52,53)54)44(63-30-36-21-13-7-14-22-36)42(62-29-35-19-11-6-12-20-35)38(65-47)32-58-28-34-17-9-5-10-18-34/h3-24,38-39,41-48H,1-2,25-33H2,(H,55,57)/t38-,39-,41-,42+,43-,44-,45+,46+,47+,48+/m1/s1. The number of nitrogens with one attached hydrogen (secondary N) is 1. The SMILES string of the molecule is C=CCO[C@H]1O[C@H](COC(=O)CCl)[C@@H](O[C@@H]2O[C@H](COCc3ccccc3)[C@H](OCc3ccccc3)[C@H](OCc3ccccc3)[C@H]2NC(=O)C(Cl)(Cl)Cl)[C@H](OCc2ccccc2)[C@@H]1OCC=C. The molecule has 0 unspecified atom stereocenters. The first-order valence-corrected chi connectivity index (χ1v) is 23.3. The van der Waals surface area contributed by atoms with E-state index < -0.39 is 82.9 Å². The molecule has 0 radical (unpaired) electrons. The molecule has 0 bridgehead atoms. The molecule has 2 heterocycles. The molecule has 17 heteroatoms. The summed E-state index contributed by atoms with van der Waals surface area (Å²) >= 11 is 24.6. The highest BCUT2D eigenvalue weighted by atomic mass is 35.6. The van der Waals surface area contributed by atoms with Crippen molar-refractivity contribution in [3.05, 3.63) is 169 Å². The molecular weight excluding hydrogens is 948 g/mol. The summed E-state index contributed by atoms with van der Waals surface area (Å²) in [6, 6.07) is 36.8. The Morgan fingerprint density at radius 1 is 0.567 bits per heavy atom. The number of alkyl halides is 4. The van der Waals surface area contributed by atoms with Gasteiger partial charge in [-0.1, -0.05) is 168 Å². The molecule has 4 aromatic rings. The predicted octanol–water partition coefficient (Wildman–Crippen LogP) is 8.21. The van der Waals surface area contributed by atoms with Crippen molar-refractivity contribution in [1.29, 1.82) is 0 Å². The van der Waals surface area contributed by atoms with Crippen molar-refractivity contribution in [1.82, 2.24) is 5.32 Å². The molecule has 2 aliphatic rings. The molecule has 2 saturated heterocycles. The summed E-state index contributed by atoms with van der Waals surface area (Å²) in [5.74, 6) is -2.15. The zero-order valence-corrected chi connectivity index (χ0v) is 39.7. The lowest BCUT2D eigenvalue weighted by Gasteiger charge is -2.50. The normalized spacial score (nSPS) is 25.2. The Morgan fingerprint density at radius 2 is 1.03 bits per heavy atom. The van der Waals surface area contributed by atoms with Crippen molar-refractivity contribution >= 4 is 58.3 Å². The Kier molecular flexibility index (Phi) is 21.4. The number of carbonyl (C=O) groups is 2.